The molecule has 1 aliphatic rings. The molecular formula is C13H14F3NO2. The van der Waals surface area contributed by atoms with Crippen LogP contribution in [0.3, 0.4) is 0 Å². The van der Waals surface area contributed by atoms with Crippen LogP contribution >= 0.6 is 0 Å². The van der Waals surface area contributed by atoms with E-state index in [0.29, 0.717) is 0 Å². The van der Waals surface area contributed by atoms with Crippen LogP contribution in [0.25, 0.3) is 0 Å². The lowest BCUT2D eigenvalue weighted by molar-refractivity contribution is -0.137. The number of esters is 1. The predicted molar refractivity (Wildman–Crippen MR) is 63.5 cm³/mol. The van der Waals surface area contributed by atoms with Crippen molar-refractivity contribution in [2.24, 2.45) is 0 Å². The summed E-state index contributed by atoms with van der Waals surface area (Å²) in [5.74, 6) is -0.782. The highest BCUT2D eigenvalue weighted by molar-refractivity contribution is 5.95. The summed E-state index contributed by atoms with van der Waals surface area (Å²) in [6, 6.07) is 2.67. The standard InChI is InChI=1S/C13H14F3NO2/c14-13(15,16)8-5-6-11(17)10(7-8)12(18)19-9-3-1-2-4-9/h5-7,9H,1-4,17H2. The monoisotopic (exact) mass is 273 g/mol. The zero-order valence-corrected chi connectivity index (χ0v) is 10.2. The lowest BCUT2D eigenvalue weighted by Gasteiger charge is -2.14. The van der Waals surface area contributed by atoms with Crippen molar-refractivity contribution in [1.82, 2.24) is 0 Å². The summed E-state index contributed by atoms with van der Waals surface area (Å²) in [5, 5.41) is 0. The third-order valence-corrected chi connectivity index (χ3v) is 3.18. The summed E-state index contributed by atoms with van der Waals surface area (Å²) in [7, 11) is 0. The molecule has 0 unspecified atom stereocenters. The minimum Gasteiger partial charge on any atom is -0.459 e. The molecule has 0 spiro atoms. The zero-order valence-electron chi connectivity index (χ0n) is 10.2. The summed E-state index contributed by atoms with van der Waals surface area (Å²) in [4.78, 5) is 11.8. The van der Waals surface area contributed by atoms with Gasteiger partial charge in [-0.05, 0) is 43.9 Å². The first-order valence-corrected chi connectivity index (χ1v) is 6.05. The molecule has 1 aromatic carbocycles. The minimum atomic E-state index is -4.50. The molecule has 0 bridgehead atoms. The van der Waals surface area contributed by atoms with Crippen molar-refractivity contribution in [2.75, 3.05) is 5.73 Å². The van der Waals surface area contributed by atoms with E-state index in [4.69, 9.17) is 10.5 Å². The zero-order chi connectivity index (χ0) is 14.0. The molecule has 0 aromatic heterocycles. The lowest BCUT2D eigenvalue weighted by Crippen LogP contribution is -2.17. The maximum atomic E-state index is 12.6. The van der Waals surface area contributed by atoms with Crippen LogP contribution in [0.5, 0.6) is 0 Å². The number of carbonyl (C=O) groups is 1. The molecule has 1 aromatic rings. The molecule has 1 aliphatic carbocycles. The molecule has 3 nitrogen and oxygen atoms in total. The maximum absolute atomic E-state index is 12.6. The number of nitrogens with two attached hydrogens (primary N) is 1. The third kappa shape index (κ3) is 3.19. The van der Waals surface area contributed by atoms with Crippen molar-refractivity contribution in [3.63, 3.8) is 0 Å². The molecule has 0 radical (unpaired) electrons. The minimum absolute atomic E-state index is 0.00371. The number of rotatable bonds is 2. The van der Waals surface area contributed by atoms with Gasteiger partial charge in [0.05, 0.1) is 11.1 Å². The normalized spacial score (nSPS) is 16.6. The van der Waals surface area contributed by atoms with Gasteiger partial charge in [0.2, 0.25) is 0 Å². The van der Waals surface area contributed by atoms with Crippen LogP contribution in [0, 0.1) is 0 Å². The molecule has 104 valence electrons. The molecule has 0 aliphatic heterocycles. The van der Waals surface area contributed by atoms with Gasteiger partial charge in [-0.2, -0.15) is 13.2 Å². The number of anilines is 1. The van der Waals surface area contributed by atoms with E-state index in [0.717, 1.165) is 43.9 Å². The average Bonchev–Trinajstić information content (AvgIpc) is 2.80. The largest absolute Gasteiger partial charge is 0.459 e. The van der Waals surface area contributed by atoms with Crippen molar-refractivity contribution in [3.05, 3.63) is 29.3 Å². The molecule has 0 amide bonds. The second kappa shape index (κ2) is 5.11. The maximum Gasteiger partial charge on any atom is 0.416 e. The van der Waals surface area contributed by atoms with Gasteiger partial charge in [-0.3, -0.25) is 0 Å². The van der Waals surface area contributed by atoms with Gasteiger partial charge in [-0.15, -0.1) is 0 Å². The van der Waals surface area contributed by atoms with Gasteiger partial charge in [0, 0.05) is 5.69 Å². The fraction of sp³-hybridized carbons (Fsp3) is 0.462. The van der Waals surface area contributed by atoms with E-state index in [1.807, 2.05) is 0 Å². The molecule has 0 heterocycles. The number of benzene rings is 1. The summed E-state index contributed by atoms with van der Waals surface area (Å²) in [6.07, 6.45) is -1.27. The van der Waals surface area contributed by atoms with Gasteiger partial charge in [0.15, 0.2) is 0 Å². The van der Waals surface area contributed by atoms with Crippen LogP contribution < -0.4 is 5.73 Å². The van der Waals surface area contributed by atoms with E-state index >= 15 is 0 Å². The molecule has 1 saturated carbocycles. The lowest BCUT2D eigenvalue weighted by atomic mass is 10.1. The Balaban J connectivity index is 2.20. The topological polar surface area (TPSA) is 52.3 Å². The molecule has 6 heteroatoms. The quantitative estimate of drug-likeness (QED) is 0.663. The van der Waals surface area contributed by atoms with Crippen LogP contribution in [0.15, 0.2) is 18.2 Å². The van der Waals surface area contributed by atoms with E-state index < -0.39 is 17.7 Å². The number of hydrogen-bond donors (Lipinski definition) is 1. The van der Waals surface area contributed by atoms with Crippen molar-refractivity contribution >= 4 is 11.7 Å². The van der Waals surface area contributed by atoms with Gasteiger partial charge in [-0.25, -0.2) is 4.79 Å². The van der Waals surface area contributed by atoms with Crippen molar-refractivity contribution < 1.29 is 22.7 Å². The van der Waals surface area contributed by atoms with Crippen molar-refractivity contribution in [2.45, 2.75) is 38.0 Å². The first kappa shape index (κ1) is 13.7. The SMILES string of the molecule is Nc1ccc(C(F)(F)F)cc1C(=O)OC1CCCC1. The highest BCUT2D eigenvalue weighted by Gasteiger charge is 2.32. The van der Waals surface area contributed by atoms with Gasteiger partial charge in [-0.1, -0.05) is 0 Å². The van der Waals surface area contributed by atoms with Gasteiger partial charge >= 0.3 is 12.1 Å². The molecular weight excluding hydrogens is 259 g/mol. The Morgan fingerprint density at radius 1 is 1.26 bits per heavy atom. The second-order valence-corrected chi connectivity index (χ2v) is 4.61. The highest BCUT2D eigenvalue weighted by Crippen LogP contribution is 2.32. The Kier molecular flexibility index (Phi) is 3.68. The fourth-order valence-corrected chi connectivity index (χ4v) is 2.13. The van der Waals surface area contributed by atoms with Crippen LogP contribution in [0.4, 0.5) is 18.9 Å². The van der Waals surface area contributed by atoms with Crippen LogP contribution in [-0.4, -0.2) is 12.1 Å². The molecule has 1 fully saturated rings. The summed E-state index contributed by atoms with van der Waals surface area (Å²) < 4.78 is 42.9. The summed E-state index contributed by atoms with van der Waals surface area (Å²) >= 11 is 0. The third-order valence-electron chi connectivity index (χ3n) is 3.18. The van der Waals surface area contributed by atoms with Crippen molar-refractivity contribution in [3.8, 4) is 0 Å². The number of alkyl halides is 3. The van der Waals surface area contributed by atoms with Crippen LogP contribution in [0.2, 0.25) is 0 Å². The molecule has 2 rings (SSSR count). The van der Waals surface area contributed by atoms with Crippen LogP contribution in [0.1, 0.15) is 41.6 Å². The Labute approximate surface area is 108 Å². The van der Waals surface area contributed by atoms with E-state index in [9.17, 15) is 18.0 Å². The molecule has 19 heavy (non-hydrogen) atoms. The van der Waals surface area contributed by atoms with E-state index in [1.165, 1.54) is 0 Å². The average molecular weight is 273 g/mol. The number of nitrogen functional groups attached to an aromatic ring is 1. The summed E-state index contributed by atoms with van der Waals surface area (Å²) in [5.41, 5.74) is 4.41. The van der Waals surface area contributed by atoms with E-state index in [1.54, 1.807) is 0 Å². The number of ether oxygens (including phenoxy) is 1. The van der Waals surface area contributed by atoms with Gasteiger partial charge < -0.3 is 10.5 Å². The highest BCUT2D eigenvalue weighted by atomic mass is 19.4. The van der Waals surface area contributed by atoms with Crippen molar-refractivity contribution in [1.29, 1.82) is 0 Å². The first-order valence-electron chi connectivity index (χ1n) is 6.05. The predicted octanol–water partition coefficient (Wildman–Crippen LogP) is 3.39. The number of carbonyl (C=O) groups excluding carboxylic acids is 1. The van der Waals surface area contributed by atoms with E-state index in [-0.39, 0.29) is 17.4 Å². The Morgan fingerprint density at radius 3 is 2.47 bits per heavy atom. The Morgan fingerprint density at radius 2 is 1.89 bits per heavy atom. The fourth-order valence-electron chi connectivity index (χ4n) is 2.13. The smallest absolute Gasteiger partial charge is 0.416 e. The first-order chi connectivity index (χ1) is 8.88. The number of halogens is 3. The Hall–Kier alpha value is -1.72. The van der Waals surface area contributed by atoms with Gasteiger partial charge in [0.1, 0.15) is 6.10 Å². The molecule has 0 saturated heterocycles. The Bertz CT molecular complexity index is 479. The number of hydrogen-bond acceptors (Lipinski definition) is 3. The van der Waals surface area contributed by atoms with E-state index in [2.05, 4.69) is 0 Å². The summed E-state index contributed by atoms with van der Waals surface area (Å²) in [6.45, 7) is 0. The van der Waals surface area contributed by atoms with Crippen LogP contribution in [-0.2, 0) is 10.9 Å². The second-order valence-electron chi connectivity index (χ2n) is 4.61. The molecule has 0 atom stereocenters. The van der Waals surface area contributed by atoms with Gasteiger partial charge in [0.25, 0.3) is 0 Å². The molecule has 2 N–H and O–H groups in total.